The number of aromatic amines is 1. The number of anilines is 1. The van der Waals surface area contributed by atoms with Crippen LogP contribution in [0.3, 0.4) is 0 Å². The van der Waals surface area contributed by atoms with Crippen molar-refractivity contribution in [3.05, 3.63) is 78.5 Å². The number of nitrogens with zero attached hydrogens (tertiary/aromatic N) is 1. The van der Waals surface area contributed by atoms with Gasteiger partial charge in [-0.1, -0.05) is 49.4 Å². The zero-order valence-electron chi connectivity index (χ0n) is 16.4. The van der Waals surface area contributed by atoms with Gasteiger partial charge in [0.1, 0.15) is 0 Å². The average molecular weight is 381 g/mol. The number of carbonyl (C=O) groups is 1. The summed E-state index contributed by atoms with van der Waals surface area (Å²) in [5.41, 5.74) is 5.53. The second-order valence-electron chi connectivity index (χ2n) is 7.44. The van der Waals surface area contributed by atoms with E-state index in [1.165, 1.54) is 27.2 Å². The Morgan fingerprint density at radius 1 is 1.00 bits per heavy atom. The van der Waals surface area contributed by atoms with Gasteiger partial charge in [-0.15, -0.1) is 0 Å². The Morgan fingerprint density at radius 2 is 1.90 bits per heavy atom. The van der Waals surface area contributed by atoms with E-state index in [2.05, 4.69) is 64.3 Å². The van der Waals surface area contributed by atoms with Crippen molar-refractivity contribution < 1.29 is 4.79 Å². The molecule has 5 aromatic rings. The van der Waals surface area contributed by atoms with Gasteiger partial charge in [-0.05, 0) is 41.6 Å². The quantitative estimate of drug-likeness (QED) is 0.393. The zero-order valence-corrected chi connectivity index (χ0v) is 16.4. The summed E-state index contributed by atoms with van der Waals surface area (Å²) >= 11 is 0. The van der Waals surface area contributed by atoms with Crippen molar-refractivity contribution in [3.8, 4) is 0 Å². The van der Waals surface area contributed by atoms with Gasteiger partial charge in [-0.3, -0.25) is 4.79 Å². The summed E-state index contributed by atoms with van der Waals surface area (Å²) in [6.07, 6.45) is 3.46. The second-order valence-corrected chi connectivity index (χ2v) is 7.44. The van der Waals surface area contributed by atoms with E-state index in [1.807, 2.05) is 30.5 Å². The van der Waals surface area contributed by atoms with E-state index >= 15 is 0 Å². The van der Waals surface area contributed by atoms with Gasteiger partial charge in [0.15, 0.2) is 0 Å². The number of para-hydroxylation sites is 2. The molecule has 0 spiro atoms. The van der Waals surface area contributed by atoms with E-state index in [1.54, 1.807) is 0 Å². The van der Waals surface area contributed by atoms with Crippen molar-refractivity contribution in [3.63, 3.8) is 0 Å². The predicted molar refractivity (Wildman–Crippen MR) is 120 cm³/mol. The van der Waals surface area contributed by atoms with Gasteiger partial charge in [0.05, 0.1) is 0 Å². The first-order valence-electron chi connectivity index (χ1n) is 10.1. The molecule has 0 aliphatic rings. The van der Waals surface area contributed by atoms with Crippen molar-refractivity contribution >= 4 is 44.3 Å². The topological polar surface area (TPSA) is 49.8 Å². The first-order valence-corrected chi connectivity index (χ1v) is 10.1. The largest absolute Gasteiger partial charge is 0.354 e. The molecular formula is C25H23N3O. The number of carbonyl (C=O) groups excluding carboxylic acids is 1. The molecule has 0 fully saturated rings. The lowest BCUT2D eigenvalue weighted by molar-refractivity contribution is -0.116. The molecule has 0 aliphatic heterocycles. The van der Waals surface area contributed by atoms with Gasteiger partial charge in [0.2, 0.25) is 5.91 Å². The molecule has 0 saturated carbocycles. The molecule has 0 unspecified atom stereocenters. The lowest BCUT2D eigenvalue weighted by atomic mass is 10.1. The zero-order chi connectivity index (χ0) is 19.8. The number of nitrogens with one attached hydrogen (secondary N) is 2. The van der Waals surface area contributed by atoms with Gasteiger partial charge in [0.25, 0.3) is 0 Å². The van der Waals surface area contributed by atoms with Gasteiger partial charge in [-0.25, -0.2) is 0 Å². The summed E-state index contributed by atoms with van der Waals surface area (Å²) in [4.78, 5) is 16.0. The van der Waals surface area contributed by atoms with Crippen LogP contribution in [0.2, 0.25) is 0 Å². The minimum absolute atomic E-state index is 0.0208. The van der Waals surface area contributed by atoms with Crippen LogP contribution in [0.5, 0.6) is 0 Å². The molecule has 4 nitrogen and oxygen atoms in total. The normalized spacial score (nSPS) is 11.5. The number of aryl methyl sites for hydroxylation is 2. The fraction of sp³-hybridized carbons (Fsp3) is 0.160. The smallest absolute Gasteiger partial charge is 0.226 e. The van der Waals surface area contributed by atoms with E-state index < -0.39 is 0 Å². The van der Waals surface area contributed by atoms with Gasteiger partial charge in [0, 0.05) is 52.2 Å². The standard InChI is InChI=1S/C25H23N3O/c1-2-17-7-5-8-21-20-11-10-19(16-22(20)27-25(17)21)26-24(29)13-15-28-14-12-18-6-3-4-9-23(18)28/h3-12,14,16,27H,2,13,15H2,1H3,(H,26,29). The van der Waals surface area contributed by atoms with Gasteiger partial charge >= 0.3 is 0 Å². The first kappa shape index (κ1) is 17.6. The van der Waals surface area contributed by atoms with Crippen LogP contribution in [0.1, 0.15) is 18.9 Å². The van der Waals surface area contributed by atoms with Crippen molar-refractivity contribution in [2.24, 2.45) is 0 Å². The van der Waals surface area contributed by atoms with Gasteiger partial charge < -0.3 is 14.9 Å². The Hall–Kier alpha value is -3.53. The van der Waals surface area contributed by atoms with Crippen LogP contribution in [-0.4, -0.2) is 15.5 Å². The molecule has 0 aliphatic carbocycles. The second kappa shape index (κ2) is 7.13. The highest BCUT2D eigenvalue weighted by Gasteiger charge is 2.09. The summed E-state index contributed by atoms with van der Waals surface area (Å²) in [5.74, 6) is 0.0208. The van der Waals surface area contributed by atoms with Crippen molar-refractivity contribution in [2.75, 3.05) is 5.32 Å². The molecule has 0 atom stereocenters. The van der Waals surface area contributed by atoms with Gasteiger partial charge in [-0.2, -0.15) is 0 Å². The molecule has 2 heterocycles. The lowest BCUT2D eigenvalue weighted by Gasteiger charge is -2.07. The average Bonchev–Trinajstić information content (AvgIpc) is 3.33. The highest BCUT2D eigenvalue weighted by Crippen LogP contribution is 2.29. The summed E-state index contributed by atoms with van der Waals surface area (Å²) in [6.45, 7) is 2.83. The summed E-state index contributed by atoms with van der Waals surface area (Å²) < 4.78 is 2.13. The van der Waals surface area contributed by atoms with Crippen LogP contribution in [0.25, 0.3) is 32.7 Å². The minimum Gasteiger partial charge on any atom is -0.354 e. The van der Waals surface area contributed by atoms with Crippen molar-refractivity contribution in [2.45, 2.75) is 26.3 Å². The maximum Gasteiger partial charge on any atom is 0.226 e. The van der Waals surface area contributed by atoms with Crippen LogP contribution in [0.15, 0.2) is 72.9 Å². The molecule has 29 heavy (non-hydrogen) atoms. The third kappa shape index (κ3) is 3.17. The molecule has 3 aromatic carbocycles. The molecule has 2 N–H and O–H groups in total. The Labute approximate surface area is 169 Å². The maximum atomic E-state index is 12.5. The van der Waals surface area contributed by atoms with E-state index in [0.29, 0.717) is 13.0 Å². The SMILES string of the molecule is CCc1cccc2c1[nH]c1cc(NC(=O)CCn3ccc4ccccc43)ccc12. The monoisotopic (exact) mass is 381 g/mol. The van der Waals surface area contributed by atoms with E-state index in [0.717, 1.165) is 23.1 Å². The number of hydrogen-bond donors (Lipinski definition) is 2. The van der Waals surface area contributed by atoms with E-state index in [4.69, 9.17) is 0 Å². The molecule has 0 bridgehead atoms. The van der Waals surface area contributed by atoms with E-state index in [9.17, 15) is 4.79 Å². The summed E-state index contributed by atoms with van der Waals surface area (Å²) in [6, 6.07) is 22.8. The van der Waals surface area contributed by atoms with Crippen LogP contribution in [0.4, 0.5) is 5.69 Å². The van der Waals surface area contributed by atoms with E-state index in [-0.39, 0.29) is 5.91 Å². The predicted octanol–water partition coefficient (Wildman–Crippen LogP) is 5.87. The Kier molecular flexibility index (Phi) is 4.32. The number of fused-ring (bicyclic) bond motifs is 4. The Morgan fingerprint density at radius 3 is 2.79 bits per heavy atom. The molecule has 4 heteroatoms. The number of aromatic nitrogens is 2. The molecule has 5 rings (SSSR count). The fourth-order valence-electron chi connectivity index (χ4n) is 4.14. The molecule has 1 amide bonds. The third-order valence-corrected chi connectivity index (χ3v) is 5.64. The number of benzene rings is 3. The number of rotatable bonds is 5. The molecule has 0 radical (unpaired) electrons. The fourth-order valence-corrected chi connectivity index (χ4v) is 4.14. The molecule has 2 aromatic heterocycles. The molecule has 0 saturated heterocycles. The minimum atomic E-state index is 0.0208. The van der Waals surface area contributed by atoms with Crippen molar-refractivity contribution in [1.29, 1.82) is 0 Å². The third-order valence-electron chi connectivity index (χ3n) is 5.64. The summed E-state index contributed by atoms with van der Waals surface area (Å²) in [7, 11) is 0. The van der Waals surface area contributed by atoms with Crippen LogP contribution in [-0.2, 0) is 17.8 Å². The number of H-pyrrole nitrogens is 1. The highest BCUT2D eigenvalue weighted by molar-refractivity contribution is 6.09. The summed E-state index contributed by atoms with van der Waals surface area (Å²) in [5, 5.41) is 6.66. The van der Waals surface area contributed by atoms with Crippen LogP contribution >= 0.6 is 0 Å². The lowest BCUT2D eigenvalue weighted by Crippen LogP contribution is -2.14. The van der Waals surface area contributed by atoms with Crippen LogP contribution < -0.4 is 5.32 Å². The molecule has 144 valence electrons. The highest BCUT2D eigenvalue weighted by atomic mass is 16.1. The first-order chi connectivity index (χ1) is 14.2. The Bertz CT molecular complexity index is 1340. The maximum absolute atomic E-state index is 12.5. The number of hydrogen-bond acceptors (Lipinski definition) is 1. The van der Waals surface area contributed by atoms with Crippen molar-refractivity contribution in [1.82, 2.24) is 9.55 Å². The number of amides is 1. The van der Waals surface area contributed by atoms with Crippen LogP contribution in [0, 0.1) is 0 Å². The molecular weight excluding hydrogens is 358 g/mol. The Balaban J connectivity index is 1.34.